The summed E-state index contributed by atoms with van der Waals surface area (Å²) in [6, 6.07) is 7.12. The Kier molecular flexibility index (Phi) is 3.06. The third-order valence-corrected chi connectivity index (χ3v) is 3.24. The van der Waals surface area contributed by atoms with Crippen LogP contribution in [0.1, 0.15) is 21.6 Å². The van der Waals surface area contributed by atoms with Crippen molar-refractivity contribution in [1.82, 2.24) is 14.6 Å². The second-order valence-electron chi connectivity index (χ2n) is 4.85. The molecule has 0 radical (unpaired) electrons. The zero-order valence-electron chi connectivity index (χ0n) is 11.7. The van der Waals surface area contributed by atoms with E-state index in [9.17, 15) is 9.90 Å². The van der Waals surface area contributed by atoms with Gasteiger partial charge in [0.15, 0.2) is 5.82 Å². The molecule has 0 atom stereocenters. The number of carboxylic acids is 1. The molecule has 0 amide bonds. The number of carbonyl (C=O) groups is 1. The molecular weight excluding hydrogens is 268 g/mol. The van der Waals surface area contributed by atoms with Gasteiger partial charge in [0.25, 0.3) is 0 Å². The maximum Gasteiger partial charge on any atom is 0.336 e. The molecule has 0 fully saturated rings. The SMILES string of the molecule is Cc1cc2c(Nc3ccc(C)c(C(=O)O)c3)nccn2n1. The van der Waals surface area contributed by atoms with Crippen molar-refractivity contribution in [2.75, 3.05) is 5.32 Å². The van der Waals surface area contributed by atoms with Crippen LogP contribution < -0.4 is 5.32 Å². The lowest BCUT2D eigenvalue weighted by atomic mass is 10.1. The van der Waals surface area contributed by atoms with E-state index >= 15 is 0 Å². The summed E-state index contributed by atoms with van der Waals surface area (Å²) >= 11 is 0. The summed E-state index contributed by atoms with van der Waals surface area (Å²) in [5.74, 6) is -0.305. The van der Waals surface area contributed by atoms with Crippen molar-refractivity contribution in [1.29, 1.82) is 0 Å². The number of rotatable bonds is 3. The van der Waals surface area contributed by atoms with Crippen molar-refractivity contribution < 1.29 is 9.90 Å². The summed E-state index contributed by atoms with van der Waals surface area (Å²) in [5.41, 5.74) is 3.40. The second kappa shape index (κ2) is 4.90. The van der Waals surface area contributed by atoms with E-state index in [1.54, 1.807) is 36.0 Å². The summed E-state index contributed by atoms with van der Waals surface area (Å²) < 4.78 is 1.73. The van der Waals surface area contributed by atoms with Crippen molar-refractivity contribution in [3.8, 4) is 0 Å². The highest BCUT2D eigenvalue weighted by Gasteiger charge is 2.10. The van der Waals surface area contributed by atoms with Gasteiger partial charge < -0.3 is 10.4 Å². The molecule has 0 aliphatic heterocycles. The van der Waals surface area contributed by atoms with Gasteiger partial charge in [0.05, 0.1) is 11.3 Å². The fourth-order valence-corrected chi connectivity index (χ4v) is 2.21. The smallest absolute Gasteiger partial charge is 0.336 e. The van der Waals surface area contributed by atoms with E-state index < -0.39 is 5.97 Å². The molecule has 6 nitrogen and oxygen atoms in total. The van der Waals surface area contributed by atoms with E-state index in [0.717, 1.165) is 16.8 Å². The van der Waals surface area contributed by atoms with Gasteiger partial charge in [-0.05, 0) is 37.6 Å². The summed E-state index contributed by atoms with van der Waals surface area (Å²) in [4.78, 5) is 15.5. The quantitative estimate of drug-likeness (QED) is 0.772. The lowest BCUT2D eigenvalue weighted by Gasteiger charge is -2.09. The first-order valence-corrected chi connectivity index (χ1v) is 6.46. The van der Waals surface area contributed by atoms with E-state index in [-0.39, 0.29) is 5.56 Å². The molecule has 0 aliphatic rings. The standard InChI is InChI=1S/C15H14N4O2/c1-9-3-4-11(8-12(9)15(20)21)17-14-13-7-10(2)18-19(13)6-5-16-14/h3-8H,1-2H3,(H,16,17)(H,20,21). The Balaban J connectivity index is 2.02. The number of carboxylic acid groups (broad SMARTS) is 1. The van der Waals surface area contributed by atoms with E-state index in [2.05, 4.69) is 15.4 Å². The molecule has 2 N–H and O–H groups in total. The minimum atomic E-state index is -0.942. The van der Waals surface area contributed by atoms with E-state index in [4.69, 9.17) is 0 Å². The van der Waals surface area contributed by atoms with Crippen LogP contribution in [0, 0.1) is 13.8 Å². The second-order valence-corrected chi connectivity index (χ2v) is 4.85. The van der Waals surface area contributed by atoms with E-state index in [1.807, 2.05) is 19.1 Å². The number of aromatic carboxylic acids is 1. The maximum atomic E-state index is 11.2. The molecule has 3 aromatic rings. The Bertz CT molecular complexity index is 839. The number of fused-ring (bicyclic) bond motifs is 1. The zero-order valence-corrected chi connectivity index (χ0v) is 11.7. The number of anilines is 2. The van der Waals surface area contributed by atoms with Crippen LogP contribution in [0.15, 0.2) is 36.7 Å². The predicted octanol–water partition coefficient (Wildman–Crippen LogP) is 2.79. The van der Waals surface area contributed by atoms with Crippen LogP contribution in [0.3, 0.4) is 0 Å². The molecule has 6 heteroatoms. The Hall–Kier alpha value is -2.89. The van der Waals surface area contributed by atoms with Gasteiger partial charge in [-0.3, -0.25) is 0 Å². The summed E-state index contributed by atoms with van der Waals surface area (Å²) in [6.45, 7) is 3.68. The highest BCUT2D eigenvalue weighted by molar-refractivity contribution is 5.91. The van der Waals surface area contributed by atoms with E-state index in [0.29, 0.717) is 11.5 Å². The largest absolute Gasteiger partial charge is 0.478 e. The first-order valence-electron chi connectivity index (χ1n) is 6.46. The maximum absolute atomic E-state index is 11.2. The first kappa shape index (κ1) is 13.1. The number of aromatic nitrogens is 3. The van der Waals surface area contributed by atoms with Gasteiger partial charge in [0.2, 0.25) is 0 Å². The molecule has 0 bridgehead atoms. The van der Waals surface area contributed by atoms with Crippen LogP contribution in [0.4, 0.5) is 11.5 Å². The van der Waals surface area contributed by atoms with Crippen LogP contribution in [-0.4, -0.2) is 25.7 Å². The third kappa shape index (κ3) is 2.43. The summed E-state index contributed by atoms with van der Waals surface area (Å²) in [5, 5.41) is 16.6. The molecule has 2 aromatic heterocycles. The Morgan fingerprint density at radius 2 is 2.10 bits per heavy atom. The topological polar surface area (TPSA) is 79.5 Å². The summed E-state index contributed by atoms with van der Waals surface area (Å²) in [6.07, 6.45) is 3.42. The normalized spacial score (nSPS) is 10.8. The number of benzene rings is 1. The van der Waals surface area contributed by atoms with Gasteiger partial charge in [-0.1, -0.05) is 6.07 Å². The molecule has 0 aliphatic carbocycles. The lowest BCUT2D eigenvalue weighted by molar-refractivity contribution is 0.0696. The number of nitrogens with zero attached hydrogens (tertiary/aromatic N) is 3. The molecule has 2 heterocycles. The highest BCUT2D eigenvalue weighted by Crippen LogP contribution is 2.22. The Morgan fingerprint density at radius 3 is 2.86 bits per heavy atom. The van der Waals surface area contributed by atoms with Crippen LogP contribution in [0.2, 0.25) is 0 Å². The highest BCUT2D eigenvalue weighted by atomic mass is 16.4. The number of aryl methyl sites for hydroxylation is 2. The molecule has 3 rings (SSSR count). The molecule has 0 saturated carbocycles. The van der Waals surface area contributed by atoms with Crippen molar-refractivity contribution in [3.63, 3.8) is 0 Å². The van der Waals surface area contributed by atoms with E-state index in [1.165, 1.54) is 0 Å². The fraction of sp³-hybridized carbons (Fsp3) is 0.133. The van der Waals surface area contributed by atoms with Gasteiger partial charge in [-0.25, -0.2) is 14.3 Å². The van der Waals surface area contributed by atoms with Gasteiger partial charge in [0.1, 0.15) is 5.52 Å². The predicted molar refractivity (Wildman–Crippen MR) is 79.1 cm³/mol. The van der Waals surface area contributed by atoms with Crippen LogP contribution in [-0.2, 0) is 0 Å². The molecule has 0 saturated heterocycles. The molecule has 21 heavy (non-hydrogen) atoms. The number of nitrogens with one attached hydrogen (secondary N) is 1. The van der Waals surface area contributed by atoms with Gasteiger partial charge in [0, 0.05) is 18.1 Å². The molecule has 1 aromatic carbocycles. The van der Waals surface area contributed by atoms with Crippen molar-refractivity contribution in [2.24, 2.45) is 0 Å². The minimum Gasteiger partial charge on any atom is -0.478 e. The van der Waals surface area contributed by atoms with Gasteiger partial charge >= 0.3 is 5.97 Å². The summed E-state index contributed by atoms with van der Waals surface area (Å²) in [7, 11) is 0. The van der Waals surface area contributed by atoms with Crippen LogP contribution in [0.25, 0.3) is 5.52 Å². The first-order chi connectivity index (χ1) is 10.0. The monoisotopic (exact) mass is 282 g/mol. The molecule has 0 spiro atoms. The molecular formula is C15H14N4O2. The third-order valence-electron chi connectivity index (χ3n) is 3.24. The van der Waals surface area contributed by atoms with Gasteiger partial charge in [-0.15, -0.1) is 0 Å². The van der Waals surface area contributed by atoms with Gasteiger partial charge in [-0.2, -0.15) is 5.10 Å². The van der Waals surface area contributed by atoms with Crippen molar-refractivity contribution >= 4 is 23.0 Å². The molecule has 0 unspecified atom stereocenters. The Morgan fingerprint density at radius 1 is 1.29 bits per heavy atom. The average molecular weight is 282 g/mol. The van der Waals surface area contributed by atoms with Crippen LogP contribution in [0.5, 0.6) is 0 Å². The average Bonchev–Trinajstić information content (AvgIpc) is 2.82. The zero-order chi connectivity index (χ0) is 15.0. The Labute approximate surface area is 121 Å². The van der Waals surface area contributed by atoms with Crippen LogP contribution >= 0.6 is 0 Å². The number of hydrogen-bond acceptors (Lipinski definition) is 4. The lowest BCUT2D eigenvalue weighted by Crippen LogP contribution is -2.02. The fourth-order valence-electron chi connectivity index (χ4n) is 2.21. The van der Waals surface area contributed by atoms with Crippen molar-refractivity contribution in [3.05, 3.63) is 53.5 Å². The van der Waals surface area contributed by atoms with Crippen molar-refractivity contribution in [2.45, 2.75) is 13.8 Å². The minimum absolute atomic E-state index is 0.275. The number of hydrogen-bond donors (Lipinski definition) is 2. The molecule has 106 valence electrons.